The molecule has 1 aromatic rings. The molecule has 1 heterocycles. The van der Waals surface area contributed by atoms with Crippen LogP contribution in [0, 0.1) is 5.82 Å². The second-order valence-electron chi connectivity index (χ2n) is 2.27. The molecule has 5 nitrogen and oxygen atoms in total. The van der Waals surface area contributed by atoms with Crippen LogP contribution in [0.5, 0.6) is 5.75 Å². The van der Waals surface area contributed by atoms with Gasteiger partial charge in [-0.1, -0.05) is 13.8 Å². The van der Waals surface area contributed by atoms with Gasteiger partial charge >= 0.3 is 0 Å². The van der Waals surface area contributed by atoms with Gasteiger partial charge in [0.2, 0.25) is 5.82 Å². The summed E-state index contributed by atoms with van der Waals surface area (Å²) in [5, 5.41) is 10.9. The first-order valence-corrected chi connectivity index (χ1v) is 4.40. The minimum absolute atomic E-state index is 0.495. The van der Waals surface area contributed by atoms with Crippen LogP contribution in [0.25, 0.3) is 0 Å². The largest absolute Gasteiger partial charge is 0.503 e. The summed E-state index contributed by atoms with van der Waals surface area (Å²) in [4.78, 5) is 23.8. The number of carbonyl (C=O) groups excluding carboxylic acids is 1. The van der Waals surface area contributed by atoms with Gasteiger partial charge in [-0.25, -0.2) is 0 Å². The molecule has 15 heavy (non-hydrogen) atoms. The molecule has 6 heteroatoms. The standard InChI is InChI=1S/C7H7FN2O3.C2H6/c1-9-7(13)5-4(8)6(12)3(11)2-10-5;1-2/h2,11H,1H3,(H,9,13)(H,10,12);1-2H3. The van der Waals surface area contributed by atoms with Crippen LogP contribution in [0.4, 0.5) is 4.39 Å². The van der Waals surface area contributed by atoms with E-state index in [4.69, 9.17) is 5.11 Å². The van der Waals surface area contributed by atoms with Gasteiger partial charge < -0.3 is 15.4 Å². The van der Waals surface area contributed by atoms with Crippen molar-refractivity contribution in [2.24, 2.45) is 0 Å². The van der Waals surface area contributed by atoms with Crippen LogP contribution in [0.3, 0.4) is 0 Å². The lowest BCUT2D eigenvalue weighted by molar-refractivity contribution is 0.0953. The average Bonchev–Trinajstić information content (AvgIpc) is 2.28. The maximum atomic E-state index is 12.9. The van der Waals surface area contributed by atoms with Crippen LogP contribution in [0.2, 0.25) is 0 Å². The number of aromatic hydroxyl groups is 1. The van der Waals surface area contributed by atoms with Gasteiger partial charge in [0.25, 0.3) is 11.3 Å². The Bertz CT molecular complexity index is 401. The average molecular weight is 216 g/mol. The number of amides is 1. The van der Waals surface area contributed by atoms with Crippen molar-refractivity contribution in [1.29, 1.82) is 0 Å². The lowest BCUT2D eigenvalue weighted by atomic mass is 10.3. The summed E-state index contributed by atoms with van der Waals surface area (Å²) in [5.41, 5.74) is -1.69. The van der Waals surface area contributed by atoms with Crippen molar-refractivity contribution in [2.75, 3.05) is 7.05 Å². The van der Waals surface area contributed by atoms with Gasteiger partial charge in [0, 0.05) is 13.2 Å². The Morgan fingerprint density at radius 1 is 1.53 bits per heavy atom. The molecule has 0 atom stereocenters. The molecule has 1 amide bonds. The molecular formula is C9H13FN2O3. The van der Waals surface area contributed by atoms with Gasteiger partial charge in [0.15, 0.2) is 5.75 Å². The molecule has 1 aromatic heterocycles. The van der Waals surface area contributed by atoms with Crippen molar-refractivity contribution >= 4 is 5.91 Å². The minimum atomic E-state index is -1.29. The van der Waals surface area contributed by atoms with Crippen molar-refractivity contribution in [2.45, 2.75) is 13.8 Å². The van der Waals surface area contributed by atoms with E-state index in [1.54, 1.807) is 0 Å². The van der Waals surface area contributed by atoms with E-state index in [9.17, 15) is 14.0 Å². The van der Waals surface area contributed by atoms with Crippen LogP contribution < -0.4 is 10.7 Å². The Morgan fingerprint density at radius 3 is 2.53 bits per heavy atom. The molecule has 0 aromatic carbocycles. The van der Waals surface area contributed by atoms with Gasteiger partial charge in [-0.15, -0.1) is 0 Å². The predicted octanol–water partition coefficient (Wildman–Crippen LogP) is 0.605. The number of pyridine rings is 1. The summed E-state index contributed by atoms with van der Waals surface area (Å²) in [7, 11) is 1.30. The molecule has 0 fully saturated rings. The Hall–Kier alpha value is -1.85. The number of hydrogen-bond donors (Lipinski definition) is 3. The monoisotopic (exact) mass is 216 g/mol. The highest BCUT2D eigenvalue weighted by Crippen LogP contribution is 2.03. The fraction of sp³-hybridized carbons (Fsp3) is 0.333. The van der Waals surface area contributed by atoms with E-state index in [0.717, 1.165) is 6.20 Å². The summed E-state index contributed by atoms with van der Waals surface area (Å²) in [6.07, 6.45) is 0.857. The molecule has 0 bridgehead atoms. The molecular weight excluding hydrogens is 203 g/mol. The fourth-order valence-corrected chi connectivity index (χ4v) is 0.786. The quantitative estimate of drug-likeness (QED) is 0.643. The number of aromatic amines is 1. The summed E-state index contributed by atoms with van der Waals surface area (Å²) in [6, 6.07) is 0. The topological polar surface area (TPSA) is 82.2 Å². The zero-order valence-electron chi connectivity index (χ0n) is 8.72. The van der Waals surface area contributed by atoms with E-state index >= 15 is 0 Å². The SMILES string of the molecule is CC.CNC(=O)c1[nH]cc(O)c(=O)c1F. The second-order valence-corrected chi connectivity index (χ2v) is 2.27. The molecule has 1 rings (SSSR count). The summed E-state index contributed by atoms with van der Waals surface area (Å²) < 4.78 is 12.9. The highest BCUT2D eigenvalue weighted by molar-refractivity contribution is 5.92. The molecule has 84 valence electrons. The van der Waals surface area contributed by atoms with Crippen LogP contribution in [0.15, 0.2) is 11.0 Å². The third-order valence-electron chi connectivity index (χ3n) is 1.46. The molecule has 0 radical (unpaired) electrons. The normalized spacial score (nSPS) is 8.80. The zero-order chi connectivity index (χ0) is 12.0. The smallest absolute Gasteiger partial charge is 0.270 e. The molecule has 0 spiro atoms. The number of rotatable bonds is 1. The number of nitrogens with one attached hydrogen (secondary N) is 2. The molecule has 3 N–H and O–H groups in total. The Kier molecular flexibility index (Phi) is 5.08. The summed E-state index contributed by atoms with van der Waals surface area (Å²) >= 11 is 0. The number of halogens is 1. The Labute approximate surface area is 85.9 Å². The second kappa shape index (κ2) is 5.79. The molecule has 0 unspecified atom stereocenters. The zero-order valence-corrected chi connectivity index (χ0v) is 8.72. The number of H-pyrrole nitrogens is 1. The van der Waals surface area contributed by atoms with Crippen LogP contribution in [-0.2, 0) is 0 Å². The molecule has 0 saturated heterocycles. The van der Waals surface area contributed by atoms with Crippen molar-refractivity contribution in [1.82, 2.24) is 10.3 Å². The molecule has 0 aliphatic rings. The van der Waals surface area contributed by atoms with Gasteiger partial charge in [-0.3, -0.25) is 9.59 Å². The third-order valence-corrected chi connectivity index (χ3v) is 1.46. The highest BCUT2D eigenvalue weighted by atomic mass is 19.1. The van der Waals surface area contributed by atoms with Crippen molar-refractivity contribution < 1.29 is 14.3 Å². The van der Waals surface area contributed by atoms with Crippen molar-refractivity contribution in [3.8, 4) is 5.75 Å². The van der Waals surface area contributed by atoms with Crippen LogP contribution >= 0.6 is 0 Å². The van der Waals surface area contributed by atoms with E-state index in [1.807, 2.05) is 13.8 Å². The van der Waals surface area contributed by atoms with E-state index < -0.39 is 28.6 Å². The van der Waals surface area contributed by atoms with E-state index in [0.29, 0.717) is 0 Å². The Morgan fingerprint density at radius 2 is 2.07 bits per heavy atom. The van der Waals surface area contributed by atoms with Gasteiger partial charge in [0.1, 0.15) is 5.69 Å². The first-order chi connectivity index (χ1) is 7.07. The van der Waals surface area contributed by atoms with Crippen molar-refractivity contribution in [3.63, 3.8) is 0 Å². The first-order valence-electron chi connectivity index (χ1n) is 4.40. The number of carbonyl (C=O) groups is 1. The minimum Gasteiger partial charge on any atom is -0.503 e. The molecule has 0 aliphatic carbocycles. The van der Waals surface area contributed by atoms with E-state index in [1.165, 1.54) is 7.05 Å². The van der Waals surface area contributed by atoms with E-state index in [2.05, 4.69) is 10.3 Å². The maximum Gasteiger partial charge on any atom is 0.270 e. The van der Waals surface area contributed by atoms with Crippen molar-refractivity contribution in [3.05, 3.63) is 27.9 Å². The maximum absolute atomic E-state index is 12.9. The molecule has 0 aliphatic heterocycles. The number of aromatic nitrogens is 1. The summed E-state index contributed by atoms with van der Waals surface area (Å²) in [5.74, 6) is -2.81. The van der Waals surface area contributed by atoms with E-state index in [-0.39, 0.29) is 0 Å². The third kappa shape index (κ3) is 2.80. The lowest BCUT2D eigenvalue weighted by Crippen LogP contribution is -2.24. The summed E-state index contributed by atoms with van der Waals surface area (Å²) in [6.45, 7) is 4.00. The van der Waals surface area contributed by atoms with Gasteiger partial charge in [0.05, 0.1) is 0 Å². The first kappa shape index (κ1) is 13.2. The van der Waals surface area contributed by atoms with Gasteiger partial charge in [-0.05, 0) is 0 Å². The van der Waals surface area contributed by atoms with Gasteiger partial charge in [-0.2, -0.15) is 4.39 Å². The number of hydrogen-bond acceptors (Lipinski definition) is 3. The fourth-order valence-electron chi connectivity index (χ4n) is 0.786. The van der Waals surface area contributed by atoms with Crippen LogP contribution in [-0.4, -0.2) is 23.0 Å². The Balaban J connectivity index is 0.000000921. The lowest BCUT2D eigenvalue weighted by Gasteiger charge is -2.00. The predicted molar refractivity (Wildman–Crippen MR) is 53.4 cm³/mol. The molecule has 0 saturated carbocycles. The highest BCUT2D eigenvalue weighted by Gasteiger charge is 2.15. The van der Waals surface area contributed by atoms with Crippen LogP contribution in [0.1, 0.15) is 24.3 Å².